The number of non-ortho nitro benzene ring substituents is 1. The smallest absolute Gasteiger partial charge is 0.290 e. The molecule has 0 saturated heterocycles. The van der Waals surface area contributed by atoms with Crippen LogP contribution in [0.4, 0.5) is 11.4 Å². The van der Waals surface area contributed by atoms with Crippen LogP contribution in [0, 0.1) is 10.1 Å². The Bertz CT molecular complexity index is 640. The third-order valence-electron chi connectivity index (χ3n) is 2.53. The molecule has 0 aliphatic rings. The number of carbonyl (C=O) groups is 1. The highest BCUT2D eigenvalue weighted by molar-refractivity contribution is 5.89. The molecule has 0 radical (unpaired) electrons. The van der Waals surface area contributed by atoms with Gasteiger partial charge in [0, 0.05) is 23.9 Å². The molecule has 0 fully saturated rings. The van der Waals surface area contributed by atoms with Gasteiger partial charge < -0.3 is 10.4 Å². The first-order valence-electron chi connectivity index (χ1n) is 5.77. The van der Waals surface area contributed by atoms with Gasteiger partial charge in [-0.05, 0) is 18.2 Å². The van der Waals surface area contributed by atoms with E-state index in [1.54, 1.807) is 12.3 Å². The van der Waals surface area contributed by atoms with Crippen LogP contribution in [-0.2, 0) is 11.3 Å². The quantitative estimate of drug-likeness (QED) is 0.498. The lowest BCUT2D eigenvalue weighted by Gasteiger charge is -2.02. The fraction of sp³-hybridized carbons (Fsp3) is 0.0769. The lowest BCUT2D eigenvalue weighted by atomic mass is 10.3. The molecule has 7 nitrogen and oxygen atoms in total. The van der Waals surface area contributed by atoms with E-state index in [9.17, 15) is 20.0 Å². The van der Waals surface area contributed by atoms with Crippen molar-refractivity contribution in [3.05, 3.63) is 58.9 Å². The summed E-state index contributed by atoms with van der Waals surface area (Å²) in [5, 5.41) is 22.4. The van der Waals surface area contributed by atoms with Gasteiger partial charge in [-0.3, -0.25) is 14.9 Å². The molecule has 1 amide bonds. The summed E-state index contributed by atoms with van der Waals surface area (Å²) in [6.45, 7) is 0.0331. The highest BCUT2D eigenvalue weighted by Crippen LogP contribution is 2.15. The lowest BCUT2D eigenvalue weighted by molar-refractivity contribution is -0.684. The van der Waals surface area contributed by atoms with E-state index in [1.165, 1.54) is 41.1 Å². The standard InChI is InChI=1S/C13H11N3O4/c17-12-2-1-7-15(8-12)9-13(18)14-10-3-5-11(6-4-10)16(19)20/h1-8H,9H2,(H-,14,17,18)/p+1. The van der Waals surface area contributed by atoms with E-state index in [2.05, 4.69) is 5.32 Å². The predicted molar refractivity (Wildman–Crippen MR) is 70.0 cm³/mol. The highest BCUT2D eigenvalue weighted by atomic mass is 16.6. The average Bonchev–Trinajstić information content (AvgIpc) is 2.39. The molecule has 2 aromatic rings. The second-order valence-electron chi connectivity index (χ2n) is 4.09. The Morgan fingerprint density at radius 3 is 2.60 bits per heavy atom. The number of nitro groups is 1. The first kappa shape index (κ1) is 13.5. The van der Waals surface area contributed by atoms with Crippen molar-refractivity contribution in [3.8, 4) is 5.75 Å². The second-order valence-corrected chi connectivity index (χ2v) is 4.09. The third kappa shape index (κ3) is 3.52. The van der Waals surface area contributed by atoms with Crippen LogP contribution in [0.5, 0.6) is 5.75 Å². The molecule has 1 aromatic carbocycles. The second kappa shape index (κ2) is 5.79. The first-order valence-corrected chi connectivity index (χ1v) is 5.77. The minimum absolute atomic E-state index is 0.0331. The van der Waals surface area contributed by atoms with Gasteiger partial charge in [0.2, 0.25) is 12.7 Å². The number of aromatic nitrogens is 1. The van der Waals surface area contributed by atoms with Crippen molar-refractivity contribution in [2.45, 2.75) is 6.54 Å². The van der Waals surface area contributed by atoms with Gasteiger partial charge in [0.15, 0.2) is 11.9 Å². The first-order chi connectivity index (χ1) is 9.54. The van der Waals surface area contributed by atoms with Crippen LogP contribution in [0.3, 0.4) is 0 Å². The van der Waals surface area contributed by atoms with Crippen LogP contribution >= 0.6 is 0 Å². The zero-order valence-corrected chi connectivity index (χ0v) is 10.4. The lowest BCUT2D eigenvalue weighted by Crippen LogP contribution is -2.39. The fourth-order valence-corrected chi connectivity index (χ4v) is 1.64. The number of benzene rings is 1. The van der Waals surface area contributed by atoms with E-state index in [4.69, 9.17) is 0 Å². The Morgan fingerprint density at radius 2 is 2.00 bits per heavy atom. The van der Waals surface area contributed by atoms with Gasteiger partial charge >= 0.3 is 0 Å². The van der Waals surface area contributed by atoms with Crippen molar-refractivity contribution in [3.63, 3.8) is 0 Å². The molecule has 0 unspecified atom stereocenters. The number of amides is 1. The van der Waals surface area contributed by atoms with E-state index < -0.39 is 4.92 Å². The number of pyridine rings is 1. The molecule has 2 rings (SSSR count). The van der Waals surface area contributed by atoms with Crippen LogP contribution < -0.4 is 9.88 Å². The number of hydrogen-bond acceptors (Lipinski definition) is 4. The van der Waals surface area contributed by atoms with Crippen molar-refractivity contribution < 1.29 is 19.4 Å². The molecule has 0 saturated carbocycles. The van der Waals surface area contributed by atoms with Crippen LogP contribution in [0.15, 0.2) is 48.8 Å². The molecule has 0 spiro atoms. The predicted octanol–water partition coefficient (Wildman–Crippen LogP) is 1.23. The fourth-order valence-electron chi connectivity index (χ4n) is 1.64. The molecule has 7 heteroatoms. The molecule has 0 atom stereocenters. The van der Waals surface area contributed by atoms with Crippen molar-refractivity contribution >= 4 is 17.3 Å². The van der Waals surface area contributed by atoms with Gasteiger partial charge in [-0.15, -0.1) is 0 Å². The summed E-state index contributed by atoms with van der Waals surface area (Å²) >= 11 is 0. The number of nitrogens with zero attached hydrogens (tertiary/aromatic N) is 2. The highest BCUT2D eigenvalue weighted by Gasteiger charge is 2.11. The average molecular weight is 274 g/mol. The summed E-state index contributed by atoms with van der Waals surface area (Å²) in [5.41, 5.74) is 0.437. The molecular weight excluding hydrogens is 262 g/mol. The maximum atomic E-state index is 11.8. The largest absolute Gasteiger partial charge is 0.503 e. The van der Waals surface area contributed by atoms with E-state index in [1.807, 2.05) is 0 Å². The van der Waals surface area contributed by atoms with Crippen LogP contribution in [0.2, 0.25) is 0 Å². The van der Waals surface area contributed by atoms with E-state index in [0.717, 1.165) is 0 Å². The number of nitrogens with one attached hydrogen (secondary N) is 1. The topological polar surface area (TPSA) is 96.3 Å². The third-order valence-corrected chi connectivity index (χ3v) is 2.53. The summed E-state index contributed by atoms with van der Waals surface area (Å²) in [4.78, 5) is 21.8. The van der Waals surface area contributed by atoms with Crippen molar-refractivity contribution in [1.29, 1.82) is 0 Å². The van der Waals surface area contributed by atoms with Crippen molar-refractivity contribution in [2.75, 3.05) is 5.32 Å². The van der Waals surface area contributed by atoms with Gasteiger partial charge in [-0.2, -0.15) is 4.57 Å². The number of rotatable bonds is 4. The Morgan fingerprint density at radius 1 is 1.30 bits per heavy atom. The number of nitro benzene ring substituents is 1. The Hall–Kier alpha value is -2.96. The van der Waals surface area contributed by atoms with Crippen LogP contribution in [-0.4, -0.2) is 15.9 Å². The van der Waals surface area contributed by atoms with Crippen LogP contribution in [0.25, 0.3) is 0 Å². The number of anilines is 1. The molecule has 2 N–H and O–H groups in total. The summed E-state index contributed by atoms with van der Waals surface area (Å²) in [6.07, 6.45) is 3.07. The van der Waals surface area contributed by atoms with Crippen LogP contribution in [0.1, 0.15) is 0 Å². The van der Waals surface area contributed by atoms with Gasteiger partial charge in [0.25, 0.3) is 11.6 Å². The number of carbonyl (C=O) groups excluding carboxylic acids is 1. The zero-order chi connectivity index (χ0) is 14.5. The minimum Gasteiger partial charge on any atom is -0.503 e. The molecule has 1 heterocycles. The summed E-state index contributed by atoms with van der Waals surface area (Å²) in [6, 6.07) is 8.68. The van der Waals surface area contributed by atoms with Crippen molar-refractivity contribution in [2.24, 2.45) is 0 Å². The van der Waals surface area contributed by atoms with Gasteiger partial charge in [-0.25, -0.2) is 0 Å². The Kier molecular flexibility index (Phi) is 3.90. The normalized spacial score (nSPS) is 10.0. The SMILES string of the molecule is O=C(C[n+]1cccc(O)c1)Nc1ccc([N+](=O)[O-])cc1. The van der Waals surface area contributed by atoms with E-state index >= 15 is 0 Å². The molecule has 102 valence electrons. The molecule has 0 bridgehead atoms. The zero-order valence-electron chi connectivity index (χ0n) is 10.4. The number of aromatic hydroxyl groups is 1. The molecule has 20 heavy (non-hydrogen) atoms. The van der Waals surface area contributed by atoms with E-state index in [0.29, 0.717) is 5.69 Å². The molecular formula is C13H12N3O4+. The minimum atomic E-state index is -0.506. The van der Waals surface area contributed by atoms with Gasteiger partial charge in [0.1, 0.15) is 0 Å². The van der Waals surface area contributed by atoms with Gasteiger partial charge in [0.05, 0.1) is 4.92 Å². The Labute approximate surface area is 114 Å². The summed E-state index contributed by atoms with van der Waals surface area (Å²) < 4.78 is 1.52. The maximum absolute atomic E-state index is 11.8. The summed E-state index contributed by atoms with van der Waals surface area (Å²) in [5.74, 6) is -0.231. The maximum Gasteiger partial charge on any atom is 0.290 e. The van der Waals surface area contributed by atoms with Gasteiger partial charge in [-0.1, -0.05) is 0 Å². The van der Waals surface area contributed by atoms with E-state index in [-0.39, 0.29) is 23.9 Å². The molecule has 0 aliphatic heterocycles. The molecule has 1 aromatic heterocycles. The number of hydrogen-bond donors (Lipinski definition) is 2. The monoisotopic (exact) mass is 274 g/mol. The van der Waals surface area contributed by atoms with Crippen molar-refractivity contribution in [1.82, 2.24) is 0 Å². The summed E-state index contributed by atoms with van der Waals surface area (Å²) in [7, 11) is 0. The Balaban J connectivity index is 1.99. The molecule has 0 aliphatic carbocycles.